The van der Waals surface area contributed by atoms with E-state index in [1.54, 1.807) is 4.90 Å². The van der Waals surface area contributed by atoms with Crippen molar-refractivity contribution in [2.45, 2.75) is 31.7 Å². The van der Waals surface area contributed by atoms with Crippen LogP contribution >= 0.6 is 0 Å². The zero-order valence-electron chi connectivity index (χ0n) is 13.0. The van der Waals surface area contributed by atoms with Gasteiger partial charge in [0.2, 0.25) is 23.6 Å². The second-order valence-corrected chi connectivity index (χ2v) is 6.26. The molecular formula is C14H23N5O4. The van der Waals surface area contributed by atoms with Gasteiger partial charge in [-0.1, -0.05) is 0 Å². The minimum atomic E-state index is -0.832. The van der Waals surface area contributed by atoms with Crippen molar-refractivity contribution in [1.82, 2.24) is 9.80 Å². The number of carbonyl (C=O) groups is 4. The summed E-state index contributed by atoms with van der Waals surface area (Å²) in [6.07, 6.45) is 1.49. The quantitative estimate of drug-likeness (QED) is 0.461. The SMILES string of the molecule is NCC(=O)N1CCCC2(C1)CN([C@@H](CCC(N)=O)C(N)=O)C2=O. The Morgan fingerprint density at radius 3 is 2.43 bits per heavy atom. The molecule has 0 aromatic carbocycles. The zero-order chi connectivity index (χ0) is 17.2. The predicted molar refractivity (Wildman–Crippen MR) is 80.4 cm³/mol. The van der Waals surface area contributed by atoms with Crippen molar-refractivity contribution in [2.24, 2.45) is 22.6 Å². The van der Waals surface area contributed by atoms with Gasteiger partial charge >= 0.3 is 0 Å². The summed E-state index contributed by atoms with van der Waals surface area (Å²) in [6, 6.07) is -0.832. The minimum Gasteiger partial charge on any atom is -0.370 e. The number of likely N-dealkylation sites (tertiary alicyclic amines) is 2. The third kappa shape index (κ3) is 3.29. The molecule has 0 aliphatic carbocycles. The topological polar surface area (TPSA) is 153 Å². The summed E-state index contributed by atoms with van der Waals surface area (Å²) in [7, 11) is 0. The maximum absolute atomic E-state index is 12.6. The molecule has 23 heavy (non-hydrogen) atoms. The molecule has 6 N–H and O–H groups in total. The monoisotopic (exact) mass is 325 g/mol. The molecule has 1 unspecified atom stereocenters. The number of nitrogens with two attached hydrogens (primary N) is 3. The van der Waals surface area contributed by atoms with Gasteiger partial charge in [0.1, 0.15) is 6.04 Å². The van der Waals surface area contributed by atoms with Gasteiger partial charge in [-0.3, -0.25) is 19.2 Å². The van der Waals surface area contributed by atoms with Crippen LogP contribution in [0, 0.1) is 5.41 Å². The first-order chi connectivity index (χ1) is 10.8. The average Bonchev–Trinajstić information content (AvgIpc) is 2.52. The summed E-state index contributed by atoms with van der Waals surface area (Å²) < 4.78 is 0. The van der Waals surface area contributed by atoms with E-state index in [2.05, 4.69) is 0 Å². The van der Waals surface area contributed by atoms with Gasteiger partial charge in [0, 0.05) is 26.1 Å². The average molecular weight is 325 g/mol. The van der Waals surface area contributed by atoms with Gasteiger partial charge in [-0.15, -0.1) is 0 Å². The van der Waals surface area contributed by atoms with E-state index in [1.165, 1.54) is 4.90 Å². The second kappa shape index (κ2) is 6.53. The van der Waals surface area contributed by atoms with Gasteiger partial charge < -0.3 is 27.0 Å². The molecule has 0 bridgehead atoms. The smallest absolute Gasteiger partial charge is 0.240 e. The minimum absolute atomic E-state index is 0.0117. The van der Waals surface area contributed by atoms with Crippen molar-refractivity contribution in [3.63, 3.8) is 0 Å². The van der Waals surface area contributed by atoms with E-state index in [0.717, 1.165) is 0 Å². The number of amides is 4. The number of hydrogen-bond acceptors (Lipinski definition) is 5. The van der Waals surface area contributed by atoms with Crippen LogP contribution in [0.2, 0.25) is 0 Å². The van der Waals surface area contributed by atoms with Crippen LogP contribution in [-0.2, 0) is 19.2 Å². The number of nitrogens with zero attached hydrogens (tertiary/aromatic N) is 2. The Morgan fingerprint density at radius 2 is 1.91 bits per heavy atom. The molecule has 2 heterocycles. The first-order valence-electron chi connectivity index (χ1n) is 7.67. The van der Waals surface area contributed by atoms with Crippen LogP contribution in [0.5, 0.6) is 0 Å². The van der Waals surface area contributed by atoms with Gasteiger partial charge in [-0.05, 0) is 19.3 Å². The Kier molecular flexibility index (Phi) is 4.88. The number of hydrogen-bond donors (Lipinski definition) is 3. The lowest BCUT2D eigenvalue weighted by molar-refractivity contribution is -0.174. The van der Waals surface area contributed by atoms with Crippen LogP contribution < -0.4 is 17.2 Å². The second-order valence-electron chi connectivity index (χ2n) is 6.26. The highest BCUT2D eigenvalue weighted by Crippen LogP contribution is 2.41. The third-order valence-corrected chi connectivity index (χ3v) is 4.66. The molecule has 2 fully saturated rings. The van der Waals surface area contributed by atoms with Gasteiger partial charge in [0.25, 0.3) is 0 Å². The number of β-lactam (4-membered cyclic amide) rings is 1. The van der Waals surface area contributed by atoms with E-state index in [4.69, 9.17) is 17.2 Å². The fourth-order valence-corrected chi connectivity index (χ4v) is 3.44. The van der Waals surface area contributed by atoms with Crippen molar-refractivity contribution in [3.05, 3.63) is 0 Å². The lowest BCUT2D eigenvalue weighted by Crippen LogP contribution is -2.71. The van der Waals surface area contributed by atoms with E-state index in [0.29, 0.717) is 32.5 Å². The maximum atomic E-state index is 12.6. The van der Waals surface area contributed by atoms with Crippen LogP contribution in [0.1, 0.15) is 25.7 Å². The van der Waals surface area contributed by atoms with Crippen molar-refractivity contribution < 1.29 is 19.2 Å². The fourth-order valence-electron chi connectivity index (χ4n) is 3.44. The molecule has 128 valence electrons. The normalized spacial score (nSPS) is 25.2. The summed E-state index contributed by atoms with van der Waals surface area (Å²) >= 11 is 0. The molecule has 9 nitrogen and oxygen atoms in total. The molecule has 2 saturated heterocycles. The van der Waals surface area contributed by atoms with Crippen molar-refractivity contribution in [3.8, 4) is 0 Å². The Balaban J connectivity index is 2.04. The first kappa shape index (κ1) is 17.2. The molecule has 2 rings (SSSR count). The van der Waals surface area contributed by atoms with Gasteiger partial charge in [-0.2, -0.15) is 0 Å². The fraction of sp³-hybridized carbons (Fsp3) is 0.714. The third-order valence-electron chi connectivity index (χ3n) is 4.66. The molecule has 2 aliphatic rings. The van der Waals surface area contributed by atoms with E-state index in [1.807, 2.05) is 0 Å². The van der Waals surface area contributed by atoms with Crippen molar-refractivity contribution in [2.75, 3.05) is 26.2 Å². The number of carbonyl (C=O) groups excluding carboxylic acids is 4. The van der Waals surface area contributed by atoms with Crippen LogP contribution in [0.15, 0.2) is 0 Å². The van der Waals surface area contributed by atoms with Crippen LogP contribution in [0.4, 0.5) is 0 Å². The highest BCUT2D eigenvalue weighted by atomic mass is 16.2. The van der Waals surface area contributed by atoms with Crippen LogP contribution in [-0.4, -0.2) is 65.6 Å². The molecule has 0 radical (unpaired) electrons. The number of piperidine rings is 1. The van der Waals surface area contributed by atoms with E-state index >= 15 is 0 Å². The summed E-state index contributed by atoms with van der Waals surface area (Å²) in [5.74, 6) is -1.58. The van der Waals surface area contributed by atoms with E-state index < -0.39 is 23.3 Å². The zero-order valence-corrected chi connectivity index (χ0v) is 13.0. The van der Waals surface area contributed by atoms with Crippen molar-refractivity contribution >= 4 is 23.6 Å². The Hall–Kier alpha value is -2.16. The largest absolute Gasteiger partial charge is 0.370 e. The Morgan fingerprint density at radius 1 is 1.22 bits per heavy atom. The lowest BCUT2D eigenvalue weighted by atomic mass is 9.71. The van der Waals surface area contributed by atoms with E-state index in [-0.39, 0.29) is 31.2 Å². The molecule has 0 aromatic rings. The number of primary amides is 2. The van der Waals surface area contributed by atoms with Gasteiger partial charge in [-0.25, -0.2) is 0 Å². The first-order valence-corrected chi connectivity index (χ1v) is 7.67. The molecule has 1 spiro atoms. The summed E-state index contributed by atoms with van der Waals surface area (Å²) in [6.45, 7) is 1.18. The summed E-state index contributed by atoms with van der Waals surface area (Å²) in [5.41, 5.74) is 15.2. The Bertz CT molecular complexity index is 537. The van der Waals surface area contributed by atoms with Gasteiger partial charge in [0.15, 0.2) is 0 Å². The lowest BCUT2D eigenvalue weighted by Gasteiger charge is -2.54. The van der Waals surface area contributed by atoms with E-state index in [9.17, 15) is 19.2 Å². The van der Waals surface area contributed by atoms with Crippen molar-refractivity contribution in [1.29, 1.82) is 0 Å². The van der Waals surface area contributed by atoms with Gasteiger partial charge in [0.05, 0.1) is 12.0 Å². The van der Waals surface area contributed by atoms with Crippen LogP contribution in [0.25, 0.3) is 0 Å². The molecular weight excluding hydrogens is 302 g/mol. The molecule has 2 aliphatic heterocycles. The molecule has 4 amide bonds. The number of rotatable bonds is 6. The summed E-state index contributed by atoms with van der Waals surface area (Å²) in [4.78, 5) is 49.8. The molecule has 9 heteroatoms. The molecule has 0 aromatic heterocycles. The van der Waals surface area contributed by atoms with Crippen LogP contribution in [0.3, 0.4) is 0 Å². The predicted octanol–water partition coefficient (Wildman–Crippen LogP) is -2.48. The molecule has 0 saturated carbocycles. The standard InChI is InChI=1S/C14H23N5O4/c15-6-11(21)18-5-1-4-14(7-18)8-19(13(14)23)9(12(17)22)2-3-10(16)20/h9H,1-8,15H2,(H2,16,20)(H2,17,22)/t9-,14?/m0/s1. The Labute approximate surface area is 134 Å². The summed E-state index contributed by atoms with van der Waals surface area (Å²) in [5, 5.41) is 0. The maximum Gasteiger partial charge on any atom is 0.240 e. The highest BCUT2D eigenvalue weighted by molar-refractivity contribution is 5.95. The highest BCUT2D eigenvalue weighted by Gasteiger charge is 2.56. The molecule has 2 atom stereocenters.